The molecule has 3 atom stereocenters. The zero-order valence-electron chi connectivity index (χ0n) is 14.5. The van der Waals surface area contributed by atoms with E-state index in [9.17, 15) is 30.0 Å². The summed E-state index contributed by atoms with van der Waals surface area (Å²) < 4.78 is 0. The van der Waals surface area contributed by atoms with Crippen molar-refractivity contribution in [3.05, 3.63) is 52.0 Å². The highest BCUT2D eigenvalue weighted by Crippen LogP contribution is 2.51. The standard InChI is InChI=1S/C20H19NO6/c1-21-8-12-14(23)7-11-6-10-5-9-3-2-4-13(22)15(9)17(24)16(10)19(26)20(11,27)18(12)25/h2-4,10-11,22-23,26-27H,1,5-8H2/t10-,11-,20+/m0/s1. The van der Waals surface area contributed by atoms with Gasteiger partial charge in [0.1, 0.15) is 17.3 Å². The van der Waals surface area contributed by atoms with Crippen molar-refractivity contribution >= 4 is 18.3 Å². The lowest BCUT2D eigenvalue weighted by molar-refractivity contribution is -0.142. The molecular formula is C20H19NO6. The minimum atomic E-state index is -2.28. The number of aromatic hydroxyl groups is 1. The first-order valence-corrected chi connectivity index (χ1v) is 8.70. The van der Waals surface area contributed by atoms with Crippen molar-refractivity contribution in [3.8, 4) is 5.75 Å². The predicted molar refractivity (Wildman–Crippen MR) is 96.0 cm³/mol. The Hall–Kier alpha value is -2.93. The second-order valence-corrected chi connectivity index (χ2v) is 7.34. The third-order valence-electron chi connectivity index (χ3n) is 5.93. The SMILES string of the molecule is C=NCC1=C(O)C[C@@H]2C[C@@H]3Cc4cccc(O)c4C(=O)C3=C(O)[C@]2(O)C1=O. The van der Waals surface area contributed by atoms with E-state index < -0.39 is 34.8 Å². The summed E-state index contributed by atoms with van der Waals surface area (Å²) >= 11 is 0. The number of nitrogens with zero attached hydrogens (tertiary/aromatic N) is 1. The molecular weight excluding hydrogens is 350 g/mol. The summed E-state index contributed by atoms with van der Waals surface area (Å²) in [5.41, 5.74) is -1.68. The third-order valence-corrected chi connectivity index (χ3v) is 5.93. The number of carbonyl (C=O) groups is 2. The van der Waals surface area contributed by atoms with Crippen LogP contribution in [-0.4, -0.2) is 50.9 Å². The van der Waals surface area contributed by atoms with Gasteiger partial charge in [-0.05, 0) is 37.1 Å². The van der Waals surface area contributed by atoms with Gasteiger partial charge in [0.05, 0.1) is 17.7 Å². The van der Waals surface area contributed by atoms with Crippen LogP contribution in [0, 0.1) is 11.8 Å². The predicted octanol–water partition coefficient (Wildman–Crippen LogP) is 1.80. The molecule has 1 aromatic carbocycles. The van der Waals surface area contributed by atoms with Gasteiger partial charge in [0.2, 0.25) is 5.78 Å². The molecule has 0 saturated heterocycles. The van der Waals surface area contributed by atoms with Crippen LogP contribution in [0.1, 0.15) is 28.8 Å². The molecule has 0 aliphatic heterocycles. The first-order valence-electron chi connectivity index (χ1n) is 8.70. The molecule has 3 aliphatic rings. The zero-order valence-corrected chi connectivity index (χ0v) is 14.5. The van der Waals surface area contributed by atoms with Gasteiger partial charge in [0, 0.05) is 17.9 Å². The van der Waals surface area contributed by atoms with Crippen LogP contribution in [-0.2, 0) is 11.2 Å². The van der Waals surface area contributed by atoms with E-state index in [1.165, 1.54) is 6.07 Å². The fourth-order valence-corrected chi connectivity index (χ4v) is 4.64. The van der Waals surface area contributed by atoms with Crippen molar-refractivity contribution in [2.75, 3.05) is 6.54 Å². The smallest absolute Gasteiger partial charge is 0.203 e. The Morgan fingerprint density at radius 3 is 2.63 bits per heavy atom. The van der Waals surface area contributed by atoms with Gasteiger partial charge in [-0.3, -0.25) is 14.6 Å². The lowest BCUT2D eigenvalue weighted by Gasteiger charge is -2.45. The second kappa shape index (κ2) is 5.79. The number of fused-ring (bicyclic) bond motifs is 3. The average molecular weight is 369 g/mol. The minimum Gasteiger partial charge on any atom is -0.512 e. The fourth-order valence-electron chi connectivity index (χ4n) is 4.64. The maximum atomic E-state index is 13.0. The Kier molecular flexibility index (Phi) is 3.75. The Morgan fingerprint density at radius 1 is 1.19 bits per heavy atom. The molecule has 0 spiro atoms. The number of aliphatic hydroxyl groups is 3. The van der Waals surface area contributed by atoms with Gasteiger partial charge in [0.15, 0.2) is 11.4 Å². The molecule has 0 saturated carbocycles. The van der Waals surface area contributed by atoms with Gasteiger partial charge in [-0.1, -0.05) is 12.1 Å². The number of allylic oxidation sites excluding steroid dienone is 2. The summed E-state index contributed by atoms with van der Waals surface area (Å²) in [6, 6.07) is 4.76. The molecule has 140 valence electrons. The summed E-state index contributed by atoms with van der Waals surface area (Å²) in [5, 5.41) is 42.3. The van der Waals surface area contributed by atoms with Crippen LogP contribution in [0.3, 0.4) is 0 Å². The summed E-state index contributed by atoms with van der Waals surface area (Å²) in [5.74, 6) is -3.65. The largest absolute Gasteiger partial charge is 0.512 e. The number of phenolic OH excluding ortho intramolecular Hbond substituents is 1. The van der Waals surface area contributed by atoms with E-state index in [-0.39, 0.29) is 47.6 Å². The van der Waals surface area contributed by atoms with Gasteiger partial charge in [-0.25, -0.2) is 0 Å². The molecule has 0 amide bonds. The third kappa shape index (κ3) is 2.21. The van der Waals surface area contributed by atoms with E-state index in [0.29, 0.717) is 12.0 Å². The molecule has 0 bridgehead atoms. The lowest BCUT2D eigenvalue weighted by Crippen LogP contribution is -2.56. The normalized spacial score (nSPS) is 30.0. The first-order chi connectivity index (χ1) is 12.8. The van der Waals surface area contributed by atoms with E-state index in [2.05, 4.69) is 11.7 Å². The van der Waals surface area contributed by atoms with Crippen LogP contribution in [0.5, 0.6) is 5.75 Å². The zero-order chi connectivity index (χ0) is 19.5. The monoisotopic (exact) mass is 369 g/mol. The van der Waals surface area contributed by atoms with Crippen molar-refractivity contribution in [2.45, 2.75) is 24.9 Å². The van der Waals surface area contributed by atoms with Crippen LogP contribution < -0.4 is 0 Å². The molecule has 7 heteroatoms. The number of aliphatic imine (C=N–C) groups is 1. The summed E-state index contributed by atoms with van der Waals surface area (Å²) in [4.78, 5) is 29.5. The Morgan fingerprint density at radius 2 is 1.93 bits per heavy atom. The topological polar surface area (TPSA) is 127 Å². The fraction of sp³-hybridized carbons (Fsp3) is 0.350. The van der Waals surface area contributed by atoms with Crippen LogP contribution in [0.25, 0.3) is 0 Å². The highest BCUT2D eigenvalue weighted by Gasteiger charge is 2.58. The Bertz CT molecular complexity index is 959. The number of aliphatic hydroxyl groups excluding tert-OH is 2. The number of benzene rings is 1. The number of carbonyl (C=O) groups excluding carboxylic acids is 2. The van der Waals surface area contributed by atoms with E-state index in [1.54, 1.807) is 12.1 Å². The van der Waals surface area contributed by atoms with Crippen molar-refractivity contribution in [3.63, 3.8) is 0 Å². The number of rotatable bonds is 2. The molecule has 3 aliphatic carbocycles. The Balaban J connectivity index is 1.88. The molecule has 1 aromatic rings. The average Bonchev–Trinajstić information content (AvgIpc) is 2.62. The highest BCUT2D eigenvalue weighted by molar-refractivity contribution is 6.15. The first kappa shape index (κ1) is 17.5. The van der Waals surface area contributed by atoms with E-state index in [0.717, 1.165) is 0 Å². The maximum absolute atomic E-state index is 13.0. The maximum Gasteiger partial charge on any atom is 0.203 e. The van der Waals surface area contributed by atoms with Crippen molar-refractivity contribution in [1.82, 2.24) is 0 Å². The van der Waals surface area contributed by atoms with Crippen LogP contribution in [0.15, 0.2) is 45.9 Å². The van der Waals surface area contributed by atoms with Crippen LogP contribution >= 0.6 is 0 Å². The minimum absolute atomic E-state index is 0.00200. The molecule has 0 heterocycles. The van der Waals surface area contributed by atoms with Crippen molar-refractivity contribution in [1.29, 1.82) is 0 Å². The molecule has 0 fully saturated rings. The molecule has 4 N–H and O–H groups in total. The number of Topliss-reactive ketones (excluding diaryl/α,β-unsaturated/α-hetero) is 2. The molecule has 0 unspecified atom stereocenters. The van der Waals surface area contributed by atoms with Crippen molar-refractivity contribution < 1.29 is 30.0 Å². The highest BCUT2D eigenvalue weighted by atomic mass is 16.3. The summed E-state index contributed by atoms with van der Waals surface area (Å²) in [6.07, 6.45) is 0.643. The Labute approximate surface area is 155 Å². The second-order valence-electron chi connectivity index (χ2n) is 7.34. The van der Waals surface area contributed by atoms with Gasteiger partial charge in [-0.2, -0.15) is 0 Å². The van der Waals surface area contributed by atoms with E-state index in [1.807, 2.05) is 0 Å². The summed E-state index contributed by atoms with van der Waals surface area (Å²) in [6.45, 7) is 3.11. The number of phenols is 1. The van der Waals surface area contributed by atoms with E-state index in [4.69, 9.17) is 0 Å². The van der Waals surface area contributed by atoms with E-state index >= 15 is 0 Å². The van der Waals surface area contributed by atoms with Gasteiger partial charge in [0.25, 0.3) is 0 Å². The molecule has 27 heavy (non-hydrogen) atoms. The molecule has 4 rings (SSSR count). The van der Waals surface area contributed by atoms with Gasteiger partial charge >= 0.3 is 0 Å². The van der Waals surface area contributed by atoms with Gasteiger partial charge < -0.3 is 20.4 Å². The molecule has 0 aromatic heterocycles. The summed E-state index contributed by atoms with van der Waals surface area (Å²) in [7, 11) is 0. The van der Waals surface area contributed by atoms with Crippen molar-refractivity contribution in [2.24, 2.45) is 16.8 Å². The van der Waals surface area contributed by atoms with Crippen LogP contribution in [0.4, 0.5) is 0 Å². The number of hydrogen-bond donors (Lipinski definition) is 4. The number of ketones is 2. The molecule has 0 radical (unpaired) electrons. The quantitative estimate of drug-likeness (QED) is 0.589. The molecule has 7 nitrogen and oxygen atoms in total. The van der Waals surface area contributed by atoms with Crippen LogP contribution in [0.2, 0.25) is 0 Å². The number of hydrogen-bond acceptors (Lipinski definition) is 7. The van der Waals surface area contributed by atoms with Gasteiger partial charge in [-0.15, -0.1) is 0 Å². The lowest BCUT2D eigenvalue weighted by atomic mass is 9.60.